The highest BCUT2D eigenvalue weighted by molar-refractivity contribution is 5.81. The zero-order valence-corrected chi connectivity index (χ0v) is 8.03. The Hall–Kier alpha value is -1.64. The van der Waals surface area contributed by atoms with Crippen LogP contribution < -0.4 is 0 Å². The summed E-state index contributed by atoms with van der Waals surface area (Å²) in [6.45, 7) is 2.05. The van der Waals surface area contributed by atoms with Crippen molar-refractivity contribution >= 4 is 17.2 Å². The first kappa shape index (κ1) is 8.94. The van der Waals surface area contributed by atoms with Crippen LogP contribution in [0.5, 0.6) is 0 Å². The van der Waals surface area contributed by atoms with Crippen LogP contribution in [0.4, 0.5) is 0 Å². The van der Waals surface area contributed by atoms with E-state index >= 15 is 0 Å². The van der Waals surface area contributed by atoms with E-state index in [9.17, 15) is 4.79 Å². The largest absolute Gasteiger partial charge is 0.303 e. The fraction of sp³-hybridized carbons (Fsp3) is 0.273. The Morgan fingerprint density at radius 3 is 3.21 bits per heavy atom. The number of nitrogens with one attached hydrogen (secondary N) is 1. The molecule has 14 heavy (non-hydrogen) atoms. The number of H-pyrrole nitrogens is 1. The quantitative estimate of drug-likeness (QED) is 0.751. The molecular weight excluding hydrogens is 176 g/mol. The first-order chi connectivity index (χ1) is 6.83. The van der Waals surface area contributed by atoms with Crippen LogP contribution in [0.25, 0.3) is 10.9 Å². The lowest BCUT2D eigenvalue weighted by Gasteiger charge is -2.08. The Labute approximate surface area is 82.1 Å². The highest BCUT2D eigenvalue weighted by Gasteiger charge is 2.09. The van der Waals surface area contributed by atoms with E-state index in [1.54, 1.807) is 6.20 Å². The van der Waals surface area contributed by atoms with Crippen LogP contribution in [-0.4, -0.2) is 16.5 Å². The van der Waals surface area contributed by atoms with Crippen molar-refractivity contribution in [1.82, 2.24) is 10.2 Å². The summed E-state index contributed by atoms with van der Waals surface area (Å²) in [7, 11) is 0. The molecule has 1 N–H and O–H groups in total. The third-order valence-electron chi connectivity index (χ3n) is 2.49. The maximum Gasteiger partial charge on any atom is 0.120 e. The second-order valence-corrected chi connectivity index (χ2v) is 3.48. The van der Waals surface area contributed by atoms with Crippen LogP contribution in [0.2, 0.25) is 0 Å². The number of hydrogen-bond acceptors (Lipinski definition) is 2. The number of fused-ring (bicyclic) bond motifs is 1. The predicted molar refractivity (Wildman–Crippen MR) is 55.2 cm³/mol. The van der Waals surface area contributed by atoms with Crippen LogP contribution in [0, 0.1) is 0 Å². The summed E-state index contributed by atoms with van der Waals surface area (Å²) < 4.78 is 0. The molecule has 1 heterocycles. The molecule has 2 aromatic rings. The molecule has 0 bridgehead atoms. The van der Waals surface area contributed by atoms with Crippen molar-refractivity contribution < 1.29 is 4.79 Å². The molecule has 0 aliphatic carbocycles. The molecule has 3 heteroatoms. The summed E-state index contributed by atoms with van der Waals surface area (Å²) in [4.78, 5) is 10.4. The lowest BCUT2D eigenvalue weighted by Crippen LogP contribution is -1.95. The Bertz CT molecular complexity index is 447. The maximum absolute atomic E-state index is 10.4. The number of benzene rings is 1. The van der Waals surface area contributed by atoms with E-state index in [4.69, 9.17) is 0 Å². The van der Waals surface area contributed by atoms with Gasteiger partial charge in [0.15, 0.2) is 0 Å². The number of carbonyl (C=O) groups excluding carboxylic acids is 1. The minimum absolute atomic E-state index is 0.247. The minimum Gasteiger partial charge on any atom is -0.303 e. The van der Waals surface area contributed by atoms with Crippen molar-refractivity contribution in [3.8, 4) is 0 Å². The molecule has 1 atom stereocenters. The van der Waals surface area contributed by atoms with E-state index in [1.807, 2.05) is 25.1 Å². The van der Waals surface area contributed by atoms with Crippen molar-refractivity contribution in [3.05, 3.63) is 30.0 Å². The minimum atomic E-state index is 0.247. The lowest BCUT2D eigenvalue weighted by molar-refractivity contribution is -0.108. The first-order valence-corrected chi connectivity index (χ1v) is 4.68. The van der Waals surface area contributed by atoms with E-state index in [0.29, 0.717) is 6.42 Å². The number of hydrogen-bond donors (Lipinski definition) is 1. The number of nitrogens with zero attached hydrogens (tertiary/aromatic N) is 1. The van der Waals surface area contributed by atoms with Crippen molar-refractivity contribution in [1.29, 1.82) is 0 Å². The van der Waals surface area contributed by atoms with Crippen LogP contribution in [0.1, 0.15) is 24.8 Å². The Balaban J connectivity index is 2.50. The molecule has 0 radical (unpaired) electrons. The zero-order chi connectivity index (χ0) is 9.97. The van der Waals surface area contributed by atoms with Gasteiger partial charge >= 0.3 is 0 Å². The third-order valence-corrected chi connectivity index (χ3v) is 2.49. The number of carbonyl (C=O) groups is 1. The van der Waals surface area contributed by atoms with E-state index in [0.717, 1.165) is 22.8 Å². The van der Waals surface area contributed by atoms with E-state index in [-0.39, 0.29) is 5.92 Å². The molecule has 1 aromatic heterocycles. The number of para-hydroxylation sites is 1. The molecule has 72 valence electrons. The molecule has 0 amide bonds. The van der Waals surface area contributed by atoms with Crippen LogP contribution in [0.15, 0.2) is 24.4 Å². The van der Waals surface area contributed by atoms with Gasteiger partial charge < -0.3 is 4.79 Å². The van der Waals surface area contributed by atoms with Gasteiger partial charge in [-0.05, 0) is 11.5 Å². The lowest BCUT2D eigenvalue weighted by atomic mass is 9.96. The van der Waals surface area contributed by atoms with Gasteiger partial charge in [-0.2, -0.15) is 5.10 Å². The van der Waals surface area contributed by atoms with Crippen molar-refractivity contribution in [2.75, 3.05) is 0 Å². The van der Waals surface area contributed by atoms with Crippen LogP contribution in [0.3, 0.4) is 0 Å². The highest BCUT2D eigenvalue weighted by Crippen LogP contribution is 2.24. The number of aldehydes is 1. The van der Waals surface area contributed by atoms with Gasteiger partial charge in [0.25, 0.3) is 0 Å². The van der Waals surface area contributed by atoms with Crippen molar-refractivity contribution in [2.24, 2.45) is 0 Å². The first-order valence-electron chi connectivity index (χ1n) is 4.68. The van der Waals surface area contributed by atoms with Gasteiger partial charge in [0, 0.05) is 11.8 Å². The fourth-order valence-corrected chi connectivity index (χ4v) is 1.67. The van der Waals surface area contributed by atoms with Gasteiger partial charge in [-0.25, -0.2) is 0 Å². The molecular formula is C11H12N2O. The predicted octanol–water partition coefficient (Wildman–Crippen LogP) is 2.26. The number of aromatic amines is 1. The summed E-state index contributed by atoms with van der Waals surface area (Å²) in [5.41, 5.74) is 2.20. The average molecular weight is 188 g/mol. The standard InChI is InChI=1S/C11H12N2O/c1-8(5-6-14)10-4-2-3-9-7-12-13-11(9)10/h2-4,6-8H,5H2,1H3,(H,12,13). The molecule has 1 unspecified atom stereocenters. The SMILES string of the molecule is CC(CC=O)c1cccc2cn[nH]c12. The smallest absolute Gasteiger partial charge is 0.120 e. The van der Waals surface area contributed by atoms with Gasteiger partial charge in [0.2, 0.25) is 0 Å². The molecule has 0 spiro atoms. The third kappa shape index (κ3) is 1.41. The summed E-state index contributed by atoms with van der Waals surface area (Å²) in [6, 6.07) is 6.04. The molecule has 0 aliphatic rings. The summed E-state index contributed by atoms with van der Waals surface area (Å²) in [5.74, 6) is 0.247. The van der Waals surface area contributed by atoms with Gasteiger partial charge in [-0.15, -0.1) is 0 Å². The van der Waals surface area contributed by atoms with E-state index < -0.39 is 0 Å². The topological polar surface area (TPSA) is 45.8 Å². The van der Waals surface area contributed by atoms with Crippen LogP contribution in [-0.2, 0) is 4.79 Å². The highest BCUT2D eigenvalue weighted by atomic mass is 16.1. The number of aromatic nitrogens is 2. The summed E-state index contributed by atoms with van der Waals surface area (Å²) in [5, 5.41) is 8.05. The maximum atomic E-state index is 10.4. The second-order valence-electron chi connectivity index (χ2n) is 3.48. The molecule has 0 saturated carbocycles. The van der Waals surface area contributed by atoms with Gasteiger partial charge in [-0.1, -0.05) is 25.1 Å². The van der Waals surface area contributed by atoms with Crippen molar-refractivity contribution in [2.45, 2.75) is 19.3 Å². The monoisotopic (exact) mass is 188 g/mol. The molecule has 3 nitrogen and oxygen atoms in total. The normalized spacial score (nSPS) is 12.9. The molecule has 0 aliphatic heterocycles. The number of rotatable bonds is 3. The Morgan fingerprint density at radius 2 is 2.43 bits per heavy atom. The van der Waals surface area contributed by atoms with Gasteiger partial charge in [-0.3, -0.25) is 5.10 Å². The zero-order valence-electron chi connectivity index (χ0n) is 8.03. The molecule has 2 rings (SSSR count). The Morgan fingerprint density at radius 1 is 1.57 bits per heavy atom. The molecule has 1 aromatic carbocycles. The fourth-order valence-electron chi connectivity index (χ4n) is 1.67. The summed E-state index contributed by atoms with van der Waals surface area (Å²) >= 11 is 0. The molecule has 0 fully saturated rings. The Kier molecular flexibility index (Phi) is 2.31. The van der Waals surface area contributed by atoms with Crippen LogP contribution >= 0.6 is 0 Å². The summed E-state index contributed by atoms with van der Waals surface area (Å²) in [6.07, 6.45) is 3.31. The van der Waals surface area contributed by atoms with E-state index in [2.05, 4.69) is 10.2 Å². The van der Waals surface area contributed by atoms with Gasteiger partial charge in [0.05, 0.1) is 11.7 Å². The van der Waals surface area contributed by atoms with E-state index in [1.165, 1.54) is 0 Å². The average Bonchev–Trinajstić information content (AvgIpc) is 2.65. The molecule has 0 saturated heterocycles. The second kappa shape index (κ2) is 3.62. The van der Waals surface area contributed by atoms with Gasteiger partial charge in [0.1, 0.15) is 6.29 Å². The van der Waals surface area contributed by atoms with Crippen molar-refractivity contribution in [3.63, 3.8) is 0 Å².